The molecule has 4 nitrogen and oxygen atoms in total. The highest BCUT2D eigenvalue weighted by Crippen LogP contribution is 2.29. The second-order valence-electron chi connectivity index (χ2n) is 2.73. The number of halogens is 3. The van der Waals surface area contributed by atoms with E-state index in [1.54, 1.807) is 0 Å². The first kappa shape index (κ1) is 10.8. The number of nitrogens with one attached hydrogen (secondary N) is 1. The van der Waals surface area contributed by atoms with Gasteiger partial charge in [-0.3, -0.25) is 0 Å². The monoisotopic (exact) mass is 312 g/mol. The number of H-pyrrole nitrogens is 1. The SMILES string of the molecule is O=S(=O)(Cl)c1ccc(Br)c2[nH]c(F)nc12. The van der Waals surface area contributed by atoms with Crippen molar-refractivity contribution in [2.45, 2.75) is 4.90 Å². The van der Waals surface area contributed by atoms with Gasteiger partial charge in [0.1, 0.15) is 10.4 Å². The Morgan fingerprint density at radius 1 is 1.47 bits per heavy atom. The lowest BCUT2D eigenvalue weighted by Crippen LogP contribution is -1.92. The fourth-order valence-corrected chi connectivity index (χ4v) is 2.61. The summed E-state index contributed by atoms with van der Waals surface area (Å²) in [5, 5.41) is 0. The molecule has 1 aromatic carbocycles. The summed E-state index contributed by atoms with van der Waals surface area (Å²) in [6.45, 7) is 0. The molecule has 0 spiro atoms. The van der Waals surface area contributed by atoms with Crippen LogP contribution < -0.4 is 0 Å². The van der Waals surface area contributed by atoms with E-state index in [0.717, 1.165) is 0 Å². The van der Waals surface area contributed by atoms with Crippen molar-refractivity contribution in [2.75, 3.05) is 0 Å². The second kappa shape index (κ2) is 3.43. The maximum absolute atomic E-state index is 12.8. The van der Waals surface area contributed by atoms with Gasteiger partial charge in [-0.15, -0.1) is 0 Å². The van der Waals surface area contributed by atoms with Crippen LogP contribution in [0.25, 0.3) is 11.0 Å². The van der Waals surface area contributed by atoms with Crippen molar-refractivity contribution in [3.63, 3.8) is 0 Å². The summed E-state index contributed by atoms with van der Waals surface area (Å²) in [6, 6.07) is 2.71. The van der Waals surface area contributed by atoms with Crippen molar-refractivity contribution in [1.29, 1.82) is 0 Å². The van der Waals surface area contributed by atoms with Gasteiger partial charge in [-0.25, -0.2) is 13.4 Å². The molecule has 2 aromatic rings. The fourth-order valence-electron chi connectivity index (χ4n) is 1.20. The molecule has 1 heterocycles. The van der Waals surface area contributed by atoms with Gasteiger partial charge in [0.05, 0.1) is 5.52 Å². The minimum Gasteiger partial charge on any atom is -0.313 e. The number of nitrogens with zero attached hydrogens (tertiary/aromatic N) is 1. The standard InChI is InChI=1S/C7H3BrClFN2O2S/c8-3-1-2-4(15(9,13)14)6-5(3)11-7(10)12-6/h1-2H,(H,11,12). The van der Waals surface area contributed by atoms with E-state index in [1.807, 2.05) is 0 Å². The van der Waals surface area contributed by atoms with Crippen molar-refractivity contribution in [3.8, 4) is 0 Å². The maximum Gasteiger partial charge on any atom is 0.287 e. The zero-order valence-corrected chi connectivity index (χ0v) is 10.1. The van der Waals surface area contributed by atoms with E-state index in [2.05, 4.69) is 25.9 Å². The van der Waals surface area contributed by atoms with Gasteiger partial charge >= 0.3 is 0 Å². The molecule has 2 rings (SSSR count). The van der Waals surface area contributed by atoms with Crippen LogP contribution in [0, 0.1) is 6.08 Å². The molecule has 0 bridgehead atoms. The summed E-state index contributed by atoms with van der Waals surface area (Å²) in [7, 11) is 1.25. The summed E-state index contributed by atoms with van der Waals surface area (Å²) in [5.41, 5.74) is 0.242. The van der Waals surface area contributed by atoms with E-state index < -0.39 is 15.1 Å². The zero-order chi connectivity index (χ0) is 11.2. The molecule has 8 heteroatoms. The molecular weight excluding hydrogens is 311 g/mol. The van der Waals surface area contributed by atoms with Crippen molar-refractivity contribution in [3.05, 3.63) is 22.7 Å². The second-order valence-corrected chi connectivity index (χ2v) is 6.12. The third-order valence-corrected chi connectivity index (χ3v) is 3.81. The van der Waals surface area contributed by atoms with Crippen LogP contribution in [0.15, 0.2) is 21.5 Å². The van der Waals surface area contributed by atoms with E-state index >= 15 is 0 Å². The third kappa shape index (κ3) is 1.86. The zero-order valence-electron chi connectivity index (χ0n) is 6.96. The minimum atomic E-state index is -3.93. The number of hydrogen-bond acceptors (Lipinski definition) is 3. The molecule has 0 saturated carbocycles. The Kier molecular flexibility index (Phi) is 2.48. The Morgan fingerprint density at radius 2 is 2.13 bits per heavy atom. The number of aromatic nitrogens is 2. The number of fused-ring (bicyclic) bond motifs is 1. The van der Waals surface area contributed by atoms with E-state index in [1.165, 1.54) is 12.1 Å². The van der Waals surface area contributed by atoms with Crippen LogP contribution in [0.5, 0.6) is 0 Å². The first-order valence-electron chi connectivity index (χ1n) is 3.68. The molecule has 1 aromatic heterocycles. The van der Waals surface area contributed by atoms with Crippen molar-refractivity contribution >= 4 is 46.7 Å². The van der Waals surface area contributed by atoms with Gasteiger partial charge in [0.25, 0.3) is 15.1 Å². The van der Waals surface area contributed by atoms with Crippen LogP contribution in [0.1, 0.15) is 0 Å². The predicted molar refractivity (Wildman–Crippen MR) is 56.8 cm³/mol. The van der Waals surface area contributed by atoms with Crippen LogP contribution in [0.4, 0.5) is 4.39 Å². The van der Waals surface area contributed by atoms with Gasteiger partial charge in [-0.2, -0.15) is 4.39 Å². The molecule has 0 aliphatic heterocycles. The molecule has 0 fully saturated rings. The quantitative estimate of drug-likeness (QED) is 0.822. The van der Waals surface area contributed by atoms with Crippen molar-refractivity contribution in [2.24, 2.45) is 0 Å². The molecule has 0 radical (unpaired) electrons. The predicted octanol–water partition coefficient (Wildman–Crippen LogP) is 2.39. The Bertz CT molecular complexity index is 640. The summed E-state index contributed by atoms with van der Waals surface area (Å²) < 4.78 is 35.6. The van der Waals surface area contributed by atoms with Gasteiger partial charge in [0, 0.05) is 15.2 Å². The Morgan fingerprint density at radius 3 is 2.73 bits per heavy atom. The molecule has 80 valence electrons. The number of aromatic amines is 1. The van der Waals surface area contributed by atoms with E-state index in [4.69, 9.17) is 10.7 Å². The molecular formula is C7H3BrClFN2O2S. The number of hydrogen-bond donors (Lipinski definition) is 1. The van der Waals surface area contributed by atoms with E-state index in [-0.39, 0.29) is 15.9 Å². The van der Waals surface area contributed by atoms with Crippen LogP contribution in [-0.2, 0) is 9.05 Å². The van der Waals surface area contributed by atoms with Crippen molar-refractivity contribution < 1.29 is 12.8 Å². The molecule has 0 saturated heterocycles. The molecule has 0 atom stereocenters. The maximum atomic E-state index is 12.8. The fraction of sp³-hybridized carbons (Fsp3) is 0. The summed E-state index contributed by atoms with van der Waals surface area (Å²) in [4.78, 5) is 5.50. The molecule has 0 aliphatic carbocycles. The highest BCUT2D eigenvalue weighted by molar-refractivity contribution is 9.10. The first-order valence-corrected chi connectivity index (χ1v) is 6.78. The number of imidazole rings is 1. The van der Waals surface area contributed by atoms with E-state index in [0.29, 0.717) is 4.47 Å². The topological polar surface area (TPSA) is 62.8 Å². The summed E-state index contributed by atoms with van der Waals surface area (Å²) in [6.07, 6.45) is -0.863. The number of benzene rings is 1. The van der Waals surface area contributed by atoms with Gasteiger partial charge in [-0.05, 0) is 28.1 Å². The van der Waals surface area contributed by atoms with Crippen LogP contribution in [0.3, 0.4) is 0 Å². The van der Waals surface area contributed by atoms with Crippen LogP contribution >= 0.6 is 26.6 Å². The summed E-state index contributed by atoms with van der Waals surface area (Å²) >= 11 is 3.14. The van der Waals surface area contributed by atoms with Crippen molar-refractivity contribution in [1.82, 2.24) is 9.97 Å². The molecule has 15 heavy (non-hydrogen) atoms. The summed E-state index contributed by atoms with van der Waals surface area (Å²) in [5.74, 6) is 0. The Balaban J connectivity index is 2.95. The normalized spacial score (nSPS) is 12.2. The largest absolute Gasteiger partial charge is 0.313 e. The smallest absolute Gasteiger partial charge is 0.287 e. The average Bonchev–Trinajstić information content (AvgIpc) is 2.45. The Hall–Kier alpha value is -0.660. The lowest BCUT2D eigenvalue weighted by Gasteiger charge is -1.98. The van der Waals surface area contributed by atoms with E-state index in [9.17, 15) is 12.8 Å². The molecule has 0 unspecified atom stereocenters. The molecule has 0 amide bonds. The Labute approximate surface area is 97.0 Å². The van der Waals surface area contributed by atoms with Crippen LogP contribution in [-0.4, -0.2) is 18.4 Å². The highest BCUT2D eigenvalue weighted by atomic mass is 79.9. The third-order valence-electron chi connectivity index (χ3n) is 1.79. The van der Waals surface area contributed by atoms with Gasteiger partial charge in [-0.1, -0.05) is 0 Å². The van der Waals surface area contributed by atoms with Gasteiger partial charge < -0.3 is 4.98 Å². The lowest BCUT2D eigenvalue weighted by atomic mass is 10.3. The lowest BCUT2D eigenvalue weighted by molar-refractivity contribution is 0.556. The van der Waals surface area contributed by atoms with Gasteiger partial charge in [0.2, 0.25) is 0 Å². The first-order chi connectivity index (χ1) is 6.89. The molecule has 1 N–H and O–H groups in total. The highest BCUT2D eigenvalue weighted by Gasteiger charge is 2.18. The minimum absolute atomic E-state index is 0.0168. The van der Waals surface area contributed by atoms with Gasteiger partial charge in [0.15, 0.2) is 0 Å². The average molecular weight is 314 g/mol. The number of rotatable bonds is 1. The van der Waals surface area contributed by atoms with Crippen LogP contribution in [0.2, 0.25) is 0 Å². The molecule has 0 aliphatic rings.